The Hall–Kier alpha value is -0.410. The molecule has 0 radical (unpaired) electrons. The van der Waals surface area contributed by atoms with Crippen LogP contribution < -0.4 is 5.73 Å². The first-order valence-electron chi connectivity index (χ1n) is 5.36. The van der Waals surface area contributed by atoms with Crippen LogP contribution in [0.3, 0.4) is 0 Å². The van der Waals surface area contributed by atoms with Crippen LogP contribution in [0.2, 0.25) is 0 Å². The van der Waals surface area contributed by atoms with E-state index in [4.69, 9.17) is 5.73 Å². The van der Waals surface area contributed by atoms with Gasteiger partial charge < -0.3 is 5.73 Å². The van der Waals surface area contributed by atoms with Crippen LogP contribution in [0, 0.1) is 5.82 Å². The number of rotatable bonds is 5. The van der Waals surface area contributed by atoms with E-state index in [2.05, 4.69) is 22.9 Å². The zero-order valence-electron chi connectivity index (χ0n) is 8.97. The topological polar surface area (TPSA) is 26.0 Å². The summed E-state index contributed by atoms with van der Waals surface area (Å²) < 4.78 is 14.1. The number of benzene rings is 1. The third-order valence-corrected chi connectivity index (χ3v) is 3.11. The van der Waals surface area contributed by atoms with Crippen molar-refractivity contribution in [2.75, 3.05) is 0 Å². The van der Waals surface area contributed by atoms with E-state index in [-0.39, 0.29) is 11.9 Å². The minimum atomic E-state index is -0.221. The van der Waals surface area contributed by atoms with Crippen LogP contribution in [0.25, 0.3) is 0 Å². The minimum absolute atomic E-state index is 0.186. The van der Waals surface area contributed by atoms with Gasteiger partial charge >= 0.3 is 0 Å². The van der Waals surface area contributed by atoms with Crippen molar-refractivity contribution in [2.24, 2.45) is 5.73 Å². The van der Waals surface area contributed by atoms with Crippen molar-refractivity contribution in [1.29, 1.82) is 0 Å². The van der Waals surface area contributed by atoms with Crippen molar-refractivity contribution in [3.8, 4) is 0 Å². The van der Waals surface area contributed by atoms with Crippen LogP contribution in [0.1, 0.15) is 44.2 Å². The van der Waals surface area contributed by atoms with Gasteiger partial charge in [-0.2, -0.15) is 0 Å². The molecule has 0 saturated heterocycles. The second-order valence-corrected chi connectivity index (χ2v) is 4.60. The Morgan fingerprint density at radius 1 is 1.40 bits per heavy atom. The van der Waals surface area contributed by atoms with Gasteiger partial charge in [-0.15, -0.1) is 0 Å². The fourth-order valence-electron chi connectivity index (χ4n) is 1.58. The van der Waals surface area contributed by atoms with E-state index in [1.807, 2.05) is 6.07 Å². The summed E-state index contributed by atoms with van der Waals surface area (Å²) in [7, 11) is 0. The molecule has 1 atom stereocenters. The fourth-order valence-corrected chi connectivity index (χ4v) is 1.96. The third kappa shape index (κ3) is 3.58. The van der Waals surface area contributed by atoms with E-state index in [1.165, 1.54) is 0 Å². The highest BCUT2D eigenvalue weighted by molar-refractivity contribution is 9.10. The zero-order valence-corrected chi connectivity index (χ0v) is 10.6. The molecule has 0 aliphatic rings. The van der Waals surface area contributed by atoms with Crippen molar-refractivity contribution in [3.63, 3.8) is 0 Å². The van der Waals surface area contributed by atoms with Crippen LogP contribution >= 0.6 is 15.9 Å². The Balaban J connectivity index is 2.65. The van der Waals surface area contributed by atoms with Gasteiger partial charge in [0.2, 0.25) is 0 Å². The Kier molecular flexibility index (Phi) is 5.26. The van der Waals surface area contributed by atoms with E-state index < -0.39 is 0 Å². The molecule has 0 amide bonds. The second kappa shape index (κ2) is 6.23. The molecule has 15 heavy (non-hydrogen) atoms. The zero-order chi connectivity index (χ0) is 11.3. The lowest BCUT2D eigenvalue weighted by atomic mass is 10.0. The van der Waals surface area contributed by atoms with E-state index in [0.717, 1.165) is 25.7 Å². The monoisotopic (exact) mass is 273 g/mol. The van der Waals surface area contributed by atoms with Gasteiger partial charge in [0.15, 0.2) is 0 Å². The lowest BCUT2D eigenvalue weighted by molar-refractivity contribution is 0.536. The van der Waals surface area contributed by atoms with Gasteiger partial charge in [0.25, 0.3) is 0 Å². The summed E-state index contributed by atoms with van der Waals surface area (Å²) in [5, 5.41) is 0. The average Bonchev–Trinajstić information content (AvgIpc) is 2.22. The van der Waals surface area contributed by atoms with E-state index in [0.29, 0.717) is 10.0 Å². The number of halogens is 2. The molecular formula is C12H17BrFN. The summed E-state index contributed by atoms with van der Waals surface area (Å²) in [6.45, 7) is 2.14. The van der Waals surface area contributed by atoms with E-state index >= 15 is 0 Å². The van der Waals surface area contributed by atoms with Crippen molar-refractivity contribution >= 4 is 15.9 Å². The summed E-state index contributed by atoms with van der Waals surface area (Å²) in [4.78, 5) is 0. The summed E-state index contributed by atoms with van der Waals surface area (Å²) >= 11 is 3.17. The number of unbranched alkanes of at least 4 members (excludes halogenated alkanes) is 2. The number of hydrogen-bond acceptors (Lipinski definition) is 1. The Morgan fingerprint density at radius 2 is 2.13 bits per heavy atom. The largest absolute Gasteiger partial charge is 0.324 e. The van der Waals surface area contributed by atoms with Gasteiger partial charge in [-0.25, -0.2) is 4.39 Å². The molecule has 0 bridgehead atoms. The molecular weight excluding hydrogens is 257 g/mol. The van der Waals surface area contributed by atoms with E-state index in [9.17, 15) is 4.39 Å². The van der Waals surface area contributed by atoms with Crippen molar-refractivity contribution in [2.45, 2.75) is 38.6 Å². The minimum Gasteiger partial charge on any atom is -0.324 e. The highest BCUT2D eigenvalue weighted by Crippen LogP contribution is 2.25. The first-order valence-corrected chi connectivity index (χ1v) is 6.15. The quantitative estimate of drug-likeness (QED) is 0.801. The van der Waals surface area contributed by atoms with Crippen LogP contribution in [0.5, 0.6) is 0 Å². The molecule has 1 aromatic rings. The van der Waals surface area contributed by atoms with Crippen LogP contribution in [-0.2, 0) is 0 Å². The number of nitrogens with two attached hydrogens (primary N) is 1. The summed E-state index contributed by atoms with van der Waals surface area (Å²) in [6.07, 6.45) is 4.22. The normalized spacial score (nSPS) is 12.8. The standard InChI is InChI=1S/C12H17BrFN/c1-2-3-4-8-11(15)9-6-5-7-10(13)12(9)14/h5-7,11H,2-4,8,15H2,1H3/t11-/m0/s1. The molecule has 0 saturated carbocycles. The maximum atomic E-state index is 13.6. The average molecular weight is 274 g/mol. The smallest absolute Gasteiger partial charge is 0.142 e. The van der Waals surface area contributed by atoms with Crippen molar-refractivity contribution < 1.29 is 4.39 Å². The highest BCUT2D eigenvalue weighted by Gasteiger charge is 2.12. The molecule has 0 spiro atoms. The summed E-state index contributed by atoms with van der Waals surface area (Å²) in [6, 6.07) is 5.09. The maximum absolute atomic E-state index is 13.6. The Bertz CT molecular complexity index is 314. The molecule has 1 nitrogen and oxygen atoms in total. The molecule has 1 rings (SSSR count). The van der Waals surface area contributed by atoms with Crippen LogP contribution in [0.4, 0.5) is 4.39 Å². The Labute approximate surface area is 99.0 Å². The molecule has 84 valence electrons. The molecule has 0 aliphatic carbocycles. The number of hydrogen-bond donors (Lipinski definition) is 1. The first-order chi connectivity index (χ1) is 7.16. The van der Waals surface area contributed by atoms with Crippen LogP contribution in [0.15, 0.2) is 22.7 Å². The maximum Gasteiger partial charge on any atom is 0.142 e. The van der Waals surface area contributed by atoms with Crippen molar-refractivity contribution in [3.05, 3.63) is 34.1 Å². The second-order valence-electron chi connectivity index (χ2n) is 3.75. The van der Waals surface area contributed by atoms with Gasteiger partial charge in [-0.05, 0) is 28.4 Å². The highest BCUT2D eigenvalue weighted by atomic mass is 79.9. The summed E-state index contributed by atoms with van der Waals surface area (Å²) in [5.41, 5.74) is 6.56. The molecule has 1 aromatic carbocycles. The molecule has 0 heterocycles. The molecule has 2 N–H and O–H groups in total. The summed E-state index contributed by atoms with van der Waals surface area (Å²) in [5.74, 6) is -0.221. The lowest BCUT2D eigenvalue weighted by Crippen LogP contribution is -2.12. The predicted octanol–water partition coefficient (Wildman–Crippen LogP) is 4.17. The van der Waals surface area contributed by atoms with E-state index in [1.54, 1.807) is 12.1 Å². The third-order valence-electron chi connectivity index (χ3n) is 2.50. The molecule has 0 aromatic heterocycles. The van der Waals surface area contributed by atoms with Gasteiger partial charge in [-0.1, -0.05) is 38.3 Å². The fraction of sp³-hybridized carbons (Fsp3) is 0.500. The first kappa shape index (κ1) is 12.7. The molecule has 0 unspecified atom stereocenters. The van der Waals surface area contributed by atoms with Gasteiger partial charge in [0.05, 0.1) is 4.47 Å². The molecule has 0 fully saturated rings. The van der Waals surface area contributed by atoms with Crippen molar-refractivity contribution in [1.82, 2.24) is 0 Å². The molecule has 3 heteroatoms. The van der Waals surface area contributed by atoms with Crippen LogP contribution in [-0.4, -0.2) is 0 Å². The SMILES string of the molecule is CCCCC[C@H](N)c1cccc(Br)c1F. The lowest BCUT2D eigenvalue weighted by Gasteiger charge is -2.13. The Morgan fingerprint density at radius 3 is 2.80 bits per heavy atom. The van der Waals surface area contributed by atoms with Gasteiger partial charge in [0, 0.05) is 11.6 Å². The van der Waals surface area contributed by atoms with Gasteiger partial charge in [0.1, 0.15) is 5.82 Å². The predicted molar refractivity (Wildman–Crippen MR) is 65.2 cm³/mol. The molecule has 0 aliphatic heterocycles. The van der Waals surface area contributed by atoms with Gasteiger partial charge in [-0.3, -0.25) is 0 Å².